The lowest BCUT2D eigenvalue weighted by Crippen LogP contribution is -2.09. The molecule has 5 rings (SSSR count). The van der Waals surface area contributed by atoms with E-state index < -0.39 is 7.52 Å². The molecule has 1 atom stereocenters. The Bertz CT molecular complexity index is 1600. The third-order valence-corrected chi connectivity index (χ3v) is 8.33. The van der Waals surface area contributed by atoms with Gasteiger partial charge in [0.05, 0.1) is 11.4 Å². The van der Waals surface area contributed by atoms with Gasteiger partial charge in [0.1, 0.15) is 5.69 Å². The molecule has 5 aromatic rings. The zero-order valence-corrected chi connectivity index (χ0v) is 21.7. The zero-order valence-electron chi connectivity index (χ0n) is 20.0. The van der Waals surface area contributed by atoms with Crippen molar-refractivity contribution < 1.29 is 9.09 Å². The summed E-state index contributed by atoms with van der Waals surface area (Å²) in [5.74, 6) is 0. The molecule has 7 nitrogen and oxygen atoms in total. The quantitative estimate of drug-likeness (QED) is 0.137. The van der Waals surface area contributed by atoms with Gasteiger partial charge in [0, 0.05) is 18.2 Å². The Hall–Kier alpha value is -4.10. The van der Waals surface area contributed by atoms with Gasteiger partial charge in [0.15, 0.2) is 10.1 Å². The molecule has 0 amide bonds. The number of benzene rings is 4. The minimum Gasteiger partial charge on any atom is -0.311 e. The van der Waals surface area contributed by atoms with E-state index in [1.54, 1.807) is 4.07 Å². The van der Waals surface area contributed by atoms with Gasteiger partial charge in [-0.15, -0.1) is 0 Å². The van der Waals surface area contributed by atoms with Crippen LogP contribution in [-0.2, 0) is 9.09 Å². The van der Waals surface area contributed by atoms with E-state index in [4.69, 9.17) is 14.4 Å². The lowest BCUT2D eigenvalue weighted by molar-refractivity contribution is 0.406. The average molecular weight is 526 g/mol. The Morgan fingerprint density at radius 2 is 1.41 bits per heavy atom. The highest BCUT2D eigenvalue weighted by atomic mass is 32.1. The molecule has 1 N–H and O–H groups in total. The van der Waals surface area contributed by atoms with Crippen molar-refractivity contribution in [2.24, 2.45) is 9.86 Å². The van der Waals surface area contributed by atoms with Gasteiger partial charge >= 0.3 is 7.52 Å². The number of hydrazone groups is 1. The molecule has 0 aliphatic rings. The number of anilines is 1. The summed E-state index contributed by atoms with van der Waals surface area (Å²) in [5.41, 5.74) is 6.94. The van der Waals surface area contributed by atoms with Crippen molar-refractivity contribution in [2.45, 2.75) is 0 Å². The second-order valence-electron chi connectivity index (χ2n) is 7.90. The number of rotatable bonds is 8. The first-order chi connectivity index (χ1) is 18.2. The largest absolute Gasteiger partial charge is 0.366 e. The molecule has 37 heavy (non-hydrogen) atoms. The third-order valence-electron chi connectivity index (χ3n) is 5.42. The molecular weight excluding hydrogens is 501 g/mol. The first-order valence-electron chi connectivity index (χ1n) is 11.5. The Morgan fingerprint density at radius 3 is 2.03 bits per heavy atom. The number of nitrogens with one attached hydrogen (secondary N) is 1. The summed E-state index contributed by atoms with van der Waals surface area (Å²) < 4.78 is 27.0. The summed E-state index contributed by atoms with van der Waals surface area (Å²) in [4.78, 5) is 0. The number of para-hydroxylation sites is 2. The number of hydrogen-bond donors (Lipinski definition) is 1. The van der Waals surface area contributed by atoms with Gasteiger partial charge in [-0.2, -0.15) is 19.0 Å². The highest BCUT2D eigenvalue weighted by molar-refractivity contribution is 7.76. The van der Waals surface area contributed by atoms with Gasteiger partial charge in [0.2, 0.25) is 0 Å². The van der Waals surface area contributed by atoms with Crippen molar-refractivity contribution in [1.82, 2.24) is 9.17 Å². The number of nitrogens with zero attached hydrogens (tertiary/aromatic N) is 4. The van der Waals surface area contributed by atoms with E-state index >= 15 is 0 Å². The molecule has 0 aliphatic heterocycles. The Labute approximate surface area is 219 Å². The smallest absolute Gasteiger partial charge is 0.311 e. The first kappa shape index (κ1) is 24.6. The van der Waals surface area contributed by atoms with Crippen LogP contribution in [0.3, 0.4) is 0 Å². The number of aromatic nitrogens is 2. The van der Waals surface area contributed by atoms with Gasteiger partial charge in [-0.05, 0) is 35.8 Å². The first-order valence-corrected chi connectivity index (χ1v) is 13.9. The van der Waals surface area contributed by atoms with Crippen molar-refractivity contribution in [3.63, 3.8) is 0 Å². The fourth-order valence-electron chi connectivity index (χ4n) is 3.59. The molecule has 0 spiro atoms. The molecule has 4 aromatic carbocycles. The molecule has 0 saturated heterocycles. The highest BCUT2D eigenvalue weighted by Crippen LogP contribution is 2.51. The van der Waals surface area contributed by atoms with Crippen LogP contribution in [0, 0.1) is 0 Å². The Balaban J connectivity index is 1.68. The fraction of sp³-hybridized carbons (Fsp3) is 0.0357. The molecule has 0 radical (unpaired) electrons. The van der Waals surface area contributed by atoms with Crippen LogP contribution in [0.1, 0.15) is 5.56 Å². The van der Waals surface area contributed by atoms with Crippen molar-refractivity contribution in [1.29, 1.82) is 0 Å². The van der Waals surface area contributed by atoms with E-state index in [0.717, 1.165) is 16.9 Å². The van der Waals surface area contributed by atoms with E-state index in [-0.39, 0.29) is 5.45 Å². The van der Waals surface area contributed by atoms with Gasteiger partial charge in [-0.3, -0.25) is 9.99 Å². The molecular formula is C28H24N5O2PS. The summed E-state index contributed by atoms with van der Waals surface area (Å²) >= 11 is 1.29. The van der Waals surface area contributed by atoms with E-state index in [9.17, 15) is 4.57 Å². The SMILES string of the molecule is CO[P@](=O)(N=c1sn(-c2ccccc2)nc1-c1ccccc1)/C(=N\Nc1ccccc1)c1ccccc1. The summed E-state index contributed by atoms with van der Waals surface area (Å²) in [5, 5.41) is 9.34. The standard InChI is InChI=1S/C28H24N5O2PS/c1-35-36(34,27(23-16-8-3-9-17-23)30-29-24-18-10-4-11-19-24)32-28-26(22-14-6-2-7-15-22)31-33(37-28)25-20-12-5-13-21-25/h2-21,29H,1H3/b30-27-,32-28?/t36-/m0/s1. The molecule has 1 aromatic heterocycles. The van der Waals surface area contributed by atoms with Crippen LogP contribution in [0.25, 0.3) is 16.9 Å². The molecule has 184 valence electrons. The third kappa shape index (κ3) is 5.67. The van der Waals surface area contributed by atoms with Gasteiger partial charge in [-0.25, -0.2) is 0 Å². The summed E-state index contributed by atoms with van der Waals surface area (Å²) in [7, 11) is -2.46. The second kappa shape index (κ2) is 11.3. The molecule has 0 aliphatic carbocycles. The second-order valence-corrected chi connectivity index (χ2v) is 10.8. The normalized spacial score (nSPS) is 13.8. The van der Waals surface area contributed by atoms with Crippen molar-refractivity contribution in [2.75, 3.05) is 12.5 Å². The van der Waals surface area contributed by atoms with E-state index in [2.05, 4.69) is 10.5 Å². The molecule has 9 heteroatoms. The molecule has 0 fully saturated rings. The lowest BCUT2D eigenvalue weighted by Gasteiger charge is -2.14. The predicted molar refractivity (Wildman–Crippen MR) is 150 cm³/mol. The Kier molecular flexibility index (Phi) is 7.51. The van der Waals surface area contributed by atoms with Gasteiger partial charge in [-0.1, -0.05) is 97.1 Å². The van der Waals surface area contributed by atoms with Gasteiger partial charge < -0.3 is 4.52 Å². The minimum absolute atomic E-state index is 0.207. The van der Waals surface area contributed by atoms with Crippen molar-refractivity contribution >= 4 is 30.2 Å². The van der Waals surface area contributed by atoms with Crippen LogP contribution in [0.5, 0.6) is 0 Å². The summed E-state index contributed by atoms with van der Waals surface area (Å²) in [6, 6.07) is 38.2. The number of hydrogen-bond acceptors (Lipinski definition) is 6. The van der Waals surface area contributed by atoms with Crippen molar-refractivity contribution in [3.05, 3.63) is 132 Å². The maximum atomic E-state index is 14.4. The fourth-order valence-corrected chi connectivity index (χ4v) is 6.15. The van der Waals surface area contributed by atoms with E-state index in [0.29, 0.717) is 15.9 Å². The van der Waals surface area contributed by atoms with Crippen LogP contribution in [0.15, 0.2) is 131 Å². The van der Waals surface area contributed by atoms with E-state index in [1.807, 2.05) is 121 Å². The Morgan fingerprint density at radius 1 is 0.838 bits per heavy atom. The van der Waals surface area contributed by atoms with Crippen LogP contribution >= 0.6 is 19.1 Å². The molecule has 0 bridgehead atoms. The van der Waals surface area contributed by atoms with Crippen LogP contribution in [-0.4, -0.2) is 21.7 Å². The lowest BCUT2D eigenvalue weighted by atomic mass is 10.2. The highest BCUT2D eigenvalue weighted by Gasteiger charge is 2.31. The monoisotopic (exact) mass is 525 g/mol. The van der Waals surface area contributed by atoms with Crippen LogP contribution in [0.2, 0.25) is 0 Å². The predicted octanol–water partition coefficient (Wildman–Crippen LogP) is 6.81. The topological polar surface area (TPSA) is 80.9 Å². The zero-order chi connectivity index (χ0) is 25.5. The van der Waals surface area contributed by atoms with Gasteiger partial charge in [0.25, 0.3) is 0 Å². The van der Waals surface area contributed by atoms with Crippen LogP contribution in [0.4, 0.5) is 5.69 Å². The summed E-state index contributed by atoms with van der Waals surface area (Å²) in [6.45, 7) is 0. The maximum Gasteiger partial charge on any atom is 0.366 e. The molecule has 0 unspecified atom stereocenters. The minimum atomic E-state index is -3.85. The summed E-state index contributed by atoms with van der Waals surface area (Å²) in [6.07, 6.45) is 0. The molecule has 0 saturated carbocycles. The maximum absolute atomic E-state index is 14.4. The molecule has 1 heterocycles. The van der Waals surface area contributed by atoms with E-state index in [1.165, 1.54) is 18.6 Å². The van der Waals surface area contributed by atoms with Crippen molar-refractivity contribution in [3.8, 4) is 16.9 Å². The average Bonchev–Trinajstić information content (AvgIpc) is 3.38. The van der Waals surface area contributed by atoms with Crippen LogP contribution < -0.4 is 10.1 Å².